The van der Waals surface area contributed by atoms with Crippen molar-refractivity contribution in [3.05, 3.63) is 53.9 Å². The third-order valence-electron chi connectivity index (χ3n) is 2.31. The average Bonchev–Trinajstić information content (AvgIpc) is 2.29. The molecule has 0 spiro atoms. The zero-order chi connectivity index (χ0) is 10.7. The third-order valence-corrected chi connectivity index (χ3v) is 2.31. The van der Waals surface area contributed by atoms with Crippen LogP contribution in [0.25, 0.3) is 11.1 Å². The lowest BCUT2D eigenvalue weighted by Gasteiger charge is -2.04. The lowest BCUT2D eigenvalue weighted by molar-refractivity contribution is 1.31. The minimum absolute atomic E-state index is 0.836. The highest BCUT2D eigenvalue weighted by Crippen LogP contribution is 2.22. The molecule has 72 valence electrons. The maximum atomic E-state index is 5.44. The summed E-state index contributed by atoms with van der Waals surface area (Å²) in [6.45, 7) is 2.07. The molecule has 0 amide bonds. The number of rotatable bonds is 1. The Labute approximate surface area is 89.8 Å². The highest BCUT2D eigenvalue weighted by molar-refractivity contribution is 5.70. The molecule has 0 radical (unpaired) electrons. The smallest absolute Gasteiger partial charge is 0.0504 e. The SMILES string of the molecule is C#Cc1cnccc1-c1cccc(C)c1. The summed E-state index contributed by atoms with van der Waals surface area (Å²) in [5.74, 6) is 2.65. The van der Waals surface area contributed by atoms with E-state index in [1.165, 1.54) is 5.56 Å². The first-order chi connectivity index (χ1) is 7.31. The van der Waals surface area contributed by atoms with Gasteiger partial charge in [0, 0.05) is 18.0 Å². The molecule has 0 unspecified atom stereocenters. The van der Waals surface area contributed by atoms with Crippen molar-refractivity contribution in [1.82, 2.24) is 4.98 Å². The molecule has 0 saturated heterocycles. The van der Waals surface area contributed by atoms with Gasteiger partial charge in [-0.1, -0.05) is 35.7 Å². The Bertz CT molecular complexity index is 521. The van der Waals surface area contributed by atoms with Gasteiger partial charge >= 0.3 is 0 Å². The fourth-order valence-corrected chi connectivity index (χ4v) is 1.57. The molecule has 0 atom stereocenters. The van der Waals surface area contributed by atoms with Gasteiger partial charge in [-0.25, -0.2) is 0 Å². The summed E-state index contributed by atoms with van der Waals surface area (Å²) >= 11 is 0. The van der Waals surface area contributed by atoms with Gasteiger partial charge in [0.15, 0.2) is 0 Å². The number of aromatic nitrogens is 1. The predicted molar refractivity (Wildman–Crippen MR) is 62.3 cm³/mol. The third kappa shape index (κ3) is 1.89. The van der Waals surface area contributed by atoms with Crippen LogP contribution in [-0.2, 0) is 0 Å². The van der Waals surface area contributed by atoms with Gasteiger partial charge in [0.25, 0.3) is 0 Å². The van der Waals surface area contributed by atoms with E-state index in [2.05, 4.69) is 36.0 Å². The molecule has 0 bridgehead atoms. The van der Waals surface area contributed by atoms with Gasteiger partial charge in [0.05, 0.1) is 5.56 Å². The molecule has 2 aromatic rings. The maximum absolute atomic E-state index is 5.44. The van der Waals surface area contributed by atoms with Gasteiger partial charge in [-0.3, -0.25) is 4.98 Å². The summed E-state index contributed by atoms with van der Waals surface area (Å²) in [7, 11) is 0. The summed E-state index contributed by atoms with van der Waals surface area (Å²) in [6.07, 6.45) is 8.92. The summed E-state index contributed by atoms with van der Waals surface area (Å²) < 4.78 is 0. The monoisotopic (exact) mass is 193 g/mol. The molecule has 1 heteroatoms. The normalized spacial score (nSPS) is 9.60. The second kappa shape index (κ2) is 3.98. The number of benzene rings is 1. The van der Waals surface area contributed by atoms with E-state index in [-0.39, 0.29) is 0 Å². The summed E-state index contributed by atoms with van der Waals surface area (Å²) in [4.78, 5) is 4.02. The van der Waals surface area contributed by atoms with Crippen molar-refractivity contribution in [1.29, 1.82) is 0 Å². The minimum Gasteiger partial charge on any atom is -0.263 e. The molecule has 0 fully saturated rings. The van der Waals surface area contributed by atoms with Crippen LogP contribution in [0.1, 0.15) is 11.1 Å². The van der Waals surface area contributed by atoms with E-state index in [0.717, 1.165) is 16.7 Å². The molecule has 1 aromatic carbocycles. The zero-order valence-electron chi connectivity index (χ0n) is 8.57. The van der Waals surface area contributed by atoms with E-state index in [0.29, 0.717) is 0 Å². The number of terminal acetylenes is 1. The van der Waals surface area contributed by atoms with Crippen LogP contribution >= 0.6 is 0 Å². The first-order valence-electron chi connectivity index (χ1n) is 4.79. The van der Waals surface area contributed by atoms with Crippen molar-refractivity contribution < 1.29 is 0 Å². The van der Waals surface area contributed by atoms with E-state index in [4.69, 9.17) is 6.42 Å². The lowest BCUT2D eigenvalue weighted by atomic mass is 10.0. The average molecular weight is 193 g/mol. The Kier molecular flexibility index (Phi) is 2.51. The van der Waals surface area contributed by atoms with Crippen molar-refractivity contribution in [2.45, 2.75) is 6.92 Å². The van der Waals surface area contributed by atoms with Crippen molar-refractivity contribution in [2.24, 2.45) is 0 Å². The molecule has 0 aliphatic rings. The van der Waals surface area contributed by atoms with Crippen LogP contribution in [0.2, 0.25) is 0 Å². The Hall–Kier alpha value is -2.07. The standard InChI is InChI=1S/C14H11N/c1-3-12-10-15-8-7-14(12)13-6-4-5-11(2)9-13/h1,4-10H,2H3. The highest BCUT2D eigenvalue weighted by Gasteiger charge is 2.02. The predicted octanol–water partition coefficient (Wildman–Crippen LogP) is 3.04. The van der Waals surface area contributed by atoms with Crippen molar-refractivity contribution in [2.75, 3.05) is 0 Å². The lowest BCUT2D eigenvalue weighted by Crippen LogP contribution is -1.86. The Morgan fingerprint density at radius 2 is 2.13 bits per heavy atom. The van der Waals surface area contributed by atoms with Crippen LogP contribution in [0.3, 0.4) is 0 Å². The number of hydrogen-bond donors (Lipinski definition) is 0. The minimum atomic E-state index is 0.836. The highest BCUT2D eigenvalue weighted by atomic mass is 14.6. The second-order valence-corrected chi connectivity index (χ2v) is 3.44. The number of pyridine rings is 1. The van der Waals surface area contributed by atoms with Gasteiger partial charge in [0.2, 0.25) is 0 Å². The van der Waals surface area contributed by atoms with Crippen molar-refractivity contribution in [3.8, 4) is 23.5 Å². The van der Waals surface area contributed by atoms with E-state index in [1.807, 2.05) is 12.1 Å². The molecule has 1 aromatic heterocycles. The molecule has 0 N–H and O–H groups in total. The van der Waals surface area contributed by atoms with Crippen LogP contribution in [0.4, 0.5) is 0 Å². The second-order valence-electron chi connectivity index (χ2n) is 3.44. The van der Waals surface area contributed by atoms with Crippen LogP contribution in [0, 0.1) is 19.3 Å². The first-order valence-corrected chi connectivity index (χ1v) is 4.79. The van der Waals surface area contributed by atoms with Crippen molar-refractivity contribution >= 4 is 0 Å². The van der Waals surface area contributed by atoms with Gasteiger partial charge in [0.1, 0.15) is 0 Å². The molecule has 0 saturated carbocycles. The molecular weight excluding hydrogens is 182 g/mol. The van der Waals surface area contributed by atoms with Gasteiger partial charge in [-0.15, -0.1) is 6.42 Å². The van der Waals surface area contributed by atoms with Gasteiger partial charge in [-0.2, -0.15) is 0 Å². The van der Waals surface area contributed by atoms with Crippen LogP contribution in [0.15, 0.2) is 42.7 Å². The van der Waals surface area contributed by atoms with Gasteiger partial charge < -0.3 is 0 Å². The topological polar surface area (TPSA) is 12.9 Å². The van der Waals surface area contributed by atoms with Crippen LogP contribution in [0.5, 0.6) is 0 Å². The van der Waals surface area contributed by atoms with E-state index in [9.17, 15) is 0 Å². The molecule has 0 aliphatic carbocycles. The Balaban J connectivity index is 2.60. The summed E-state index contributed by atoms with van der Waals surface area (Å²) in [5, 5.41) is 0. The summed E-state index contributed by atoms with van der Waals surface area (Å²) in [5.41, 5.74) is 4.27. The maximum Gasteiger partial charge on any atom is 0.0504 e. The number of nitrogens with zero attached hydrogens (tertiary/aromatic N) is 1. The van der Waals surface area contributed by atoms with Crippen LogP contribution in [-0.4, -0.2) is 4.98 Å². The molecule has 2 rings (SSSR count). The Morgan fingerprint density at radius 3 is 2.87 bits per heavy atom. The Morgan fingerprint density at radius 1 is 1.27 bits per heavy atom. The molecule has 1 nitrogen and oxygen atoms in total. The molecule has 1 heterocycles. The molecular formula is C14H11N. The largest absolute Gasteiger partial charge is 0.263 e. The van der Waals surface area contributed by atoms with Gasteiger partial charge in [-0.05, 0) is 18.6 Å². The summed E-state index contributed by atoms with van der Waals surface area (Å²) in [6, 6.07) is 10.2. The fraction of sp³-hybridized carbons (Fsp3) is 0.0714. The molecule has 15 heavy (non-hydrogen) atoms. The number of aryl methyl sites for hydroxylation is 1. The number of hydrogen-bond acceptors (Lipinski definition) is 1. The van der Waals surface area contributed by atoms with E-state index in [1.54, 1.807) is 12.4 Å². The fourth-order valence-electron chi connectivity index (χ4n) is 1.57. The van der Waals surface area contributed by atoms with Crippen LogP contribution < -0.4 is 0 Å². The zero-order valence-corrected chi connectivity index (χ0v) is 8.57. The quantitative estimate of drug-likeness (QED) is 0.634. The first kappa shape index (κ1) is 9.48. The molecule has 0 aliphatic heterocycles. The van der Waals surface area contributed by atoms with E-state index < -0.39 is 0 Å². The van der Waals surface area contributed by atoms with Crippen molar-refractivity contribution in [3.63, 3.8) is 0 Å². The van der Waals surface area contributed by atoms with E-state index >= 15 is 0 Å².